The van der Waals surface area contributed by atoms with Crippen LogP contribution < -0.4 is 5.32 Å². The molecule has 0 spiro atoms. The molecule has 0 aromatic rings. The molecule has 0 saturated carbocycles. The first-order chi connectivity index (χ1) is 8.38. The topological polar surface area (TPSA) is 24.5 Å². The summed E-state index contributed by atoms with van der Waals surface area (Å²) in [5, 5.41) is 3.70. The molecule has 0 aromatic carbocycles. The second kappa shape index (κ2) is 7.34. The van der Waals surface area contributed by atoms with Crippen molar-refractivity contribution in [1.29, 1.82) is 0 Å². The van der Waals surface area contributed by atoms with E-state index in [0.29, 0.717) is 6.10 Å². The van der Waals surface area contributed by atoms with E-state index in [-0.39, 0.29) is 0 Å². The summed E-state index contributed by atoms with van der Waals surface area (Å²) in [4.78, 5) is 2.60. The molecule has 3 heteroatoms. The third kappa shape index (κ3) is 4.57. The normalized spacial score (nSPS) is 27.7. The molecule has 2 aliphatic rings. The van der Waals surface area contributed by atoms with Crippen LogP contribution in [0.4, 0.5) is 0 Å². The molecular weight excluding hydrogens is 212 g/mol. The zero-order valence-electron chi connectivity index (χ0n) is 11.3. The molecule has 1 atom stereocenters. The number of nitrogens with one attached hydrogen (secondary N) is 1. The van der Waals surface area contributed by atoms with Gasteiger partial charge >= 0.3 is 0 Å². The van der Waals surface area contributed by atoms with Crippen LogP contribution in [0.5, 0.6) is 0 Å². The highest BCUT2D eigenvalue weighted by Gasteiger charge is 2.19. The molecule has 2 heterocycles. The van der Waals surface area contributed by atoms with E-state index in [1.54, 1.807) is 0 Å². The molecule has 0 aromatic heterocycles. The molecule has 2 rings (SSSR count). The largest absolute Gasteiger partial charge is 0.378 e. The van der Waals surface area contributed by atoms with Crippen molar-refractivity contribution in [3.8, 4) is 0 Å². The second-order valence-corrected chi connectivity index (χ2v) is 5.49. The molecule has 2 saturated heterocycles. The van der Waals surface area contributed by atoms with E-state index in [0.717, 1.165) is 19.2 Å². The van der Waals surface area contributed by atoms with Gasteiger partial charge in [-0.1, -0.05) is 6.92 Å². The van der Waals surface area contributed by atoms with Crippen LogP contribution in [-0.2, 0) is 4.74 Å². The number of rotatable bonds is 6. The molecule has 0 radical (unpaired) electrons. The van der Waals surface area contributed by atoms with Crippen molar-refractivity contribution < 1.29 is 4.74 Å². The minimum absolute atomic E-state index is 0.544. The lowest BCUT2D eigenvalue weighted by molar-refractivity contribution is 0.102. The molecule has 2 aliphatic heterocycles. The molecule has 0 amide bonds. The fraction of sp³-hybridized carbons (Fsp3) is 1.00. The van der Waals surface area contributed by atoms with Gasteiger partial charge in [0.25, 0.3) is 0 Å². The van der Waals surface area contributed by atoms with Crippen LogP contribution in [0.3, 0.4) is 0 Å². The van der Waals surface area contributed by atoms with E-state index in [2.05, 4.69) is 17.1 Å². The minimum atomic E-state index is 0.544. The Balaban J connectivity index is 1.52. The molecule has 1 N–H and O–H groups in total. The highest BCUT2D eigenvalue weighted by atomic mass is 16.5. The van der Waals surface area contributed by atoms with Crippen LogP contribution in [-0.4, -0.2) is 49.8 Å². The van der Waals surface area contributed by atoms with Gasteiger partial charge in [-0.25, -0.2) is 0 Å². The van der Waals surface area contributed by atoms with Gasteiger partial charge in [0.15, 0.2) is 0 Å². The fourth-order valence-electron chi connectivity index (χ4n) is 3.00. The van der Waals surface area contributed by atoms with Gasteiger partial charge in [0, 0.05) is 12.6 Å². The van der Waals surface area contributed by atoms with Crippen LogP contribution in [0.25, 0.3) is 0 Å². The van der Waals surface area contributed by atoms with Crippen molar-refractivity contribution in [2.45, 2.75) is 57.6 Å². The third-order valence-corrected chi connectivity index (χ3v) is 4.05. The maximum absolute atomic E-state index is 5.64. The molecule has 2 fully saturated rings. The number of likely N-dealkylation sites (tertiary alicyclic amines) is 1. The Morgan fingerprint density at radius 2 is 2.06 bits per heavy atom. The zero-order chi connectivity index (χ0) is 11.9. The number of hydrogen-bond donors (Lipinski definition) is 1. The van der Waals surface area contributed by atoms with Gasteiger partial charge in [-0.15, -0.1) is 0 Å². The van der Waals surface area contributed by atoms with Gasteiger partial charge in [0.1, 0.15) is 0 Å². The van der Waals surface area contributed by atoms with Crippen LogP contribution in [0.1, 0.15) is 45.4 Å². The minimum Gasteiger partial charge on any atom is -0.378 e. The molecule has 100 valence electrons. The lowest BCUT2D eigenvalue weighted by Gasteiger charge is -2.32. The summed E-state index contributed by atoms with van der Waals surface area (Å²) in [6.45, 7) is 8.24. The average molecular weight is 240 g/mol. The SMILES string of the molecule is CCCN1CCC(NCCC2CCCO2)CC1. The summed E-state index contributed by atoms with van der Waals surface area (Å²) in [5.74, 6) is 0. The number of piperidine rings is 1. The molecule has 0 bridgehead atoms. The van der Waals surface area contributed by atoms with Crippen molar-refractivity contribution in [2.75, 3.05) is 32.8 Å². The molecule has 0 aliphatic carbocycles. The summed E-state index contributed by atoms with van der Waals surface area (Å²) in [6.07, 6.45) is 8.22. The van der Waals surface area contributed by atoms with E-state index in [1.807, 2.05) is 0 Å². The summed E-state index contributed by atoms with van der Waals surface area (Å²) in [6, 6.07) is 0.754. The monoisotopic (exact) mass is 240 g/mol. The van der Waals surface area contributed by atoms with Crippen molar-refractivity contribution in [1.82, 2.24) is 10.2 Å². The molecule has 1 unspecified atom stereocenters. The van der Waals surface area contributed by atoms with Gasteiger partial charge < -0.3 is 15.0 Å². The Morgan fingerprint density at radius 1 is 1.24 bits per heavy atom. The maximum Gasteiger partial charge on any atom is 0.0588 e. The quantitative estimate of drug-likeness (QED) is 0.769. The highest BCUT2D eigenvalue weighted by molar-refractivity contribution is 4.77. The molecular formula is C14H28N2O. The summed E-state index contributed by atoms with van der Waals surface area (Å²) < 4.78 is 5.64. The standard InChI is InChI=1S/C14H28N2O/c1-2-9-16-10-6-13(7-11-16)15-8-5-14-4-3-12-17-14/h13-15H,2-12H2,1H3. The van der Waals surface area contributed by atoms with Crippen molar-refractivity contribution in [3.05, 3.63) is 0 Å². The first kappa shape index (κ1) is 13.3. The van der Waals surface area contributed by atoms with Crippen molar-refractivity contribution in [2.24, 2.45) is 0 Å². The smallest absolute Gasteiger partial charge is 0.0588 e. The van der Waals surface area contributed by atoms with Crippen LogP contribution in [0.2, 0.25) is 0 Å². The number of nitrogens with zero attached hydrogens (tertiary/aromatic N) is 1. The van der Waals surface area contributed by atoms with Crippen LogP contribution in [0, 0.1) is 0 Å². The Morgan fingerprint density at radius 3 is 2.71 bits per heavy atom. The predicted octanol–water partition coefficient (Wildman–Crippen LogP) is 2.02. The maximum atomic E-state index is 5.64. The lowest BCUT2D eigenvalue weighted by Crippen LogP contribution is -2.43. The molecule has 17 heavy (non-hydrogen) atoms. The van der Waals surface area contributed by atoms with E-state index >= 15 is 0 Å². The first-order valence-electron chi connectivity index (χ1n) is 7.46. The summed E-state index contributed by atoms with van der Waals surface area (Å²) >= 11 is 0. The van der Waals surface area contributed by atoms with Crippen molar-refractivity contribution in [3.63, 3.8) is 0 Å². The van der Waals surface area contributed by atoms with E-state index in [1.165, 1.54) is 58.2 Å². The summed E-state index contributed by atoms with van der Waals surface area (Å²) in [7, 11) is 0. The Kier molecular flexibility index (Phi) is 5.75. The third-order valence-electron chi connectivity index (χ3n) is 4.05. The van der Waals surface area contributed by atoms with Gasteiger partial charge in [0.05, 0.1) is 6.10 Å². The predicted molar refractivity (Wildman–Crippen MR) is 71.3 cm³/mol. The number of ether oxygens (including phenoxy) is 1. The van der Waals surface area contributed by atoms with Crippen LogP contribution >= 0.6 is 0 Å². The lowest BCUT2D eigenvalue weighted by atomic mass is 10.0. The van der Waals surface area contributed by atoms with Gasteiger partial charge in [-0.2, -0.15) is 0 Å². The first-order valence-corrected chi connectivity index (χ1v) is 7.46. The Labute approximate surface area is 106 Å². The average Bonchev–Trinajstić information content (AvgIpc) is 2.85. The molecule has 3 nitrogen and oxygen atoms in total. The van der Waals surface area contributed by atoms with Gasteiger partial charge in [0.2, 0.25) is 0 Å². The Hall–Kier alpha value is -0.120. The summed E-state index contributed by atoms with van der Waals surface area (Å²) in [5.41, 5.74) is 0. The van der Waals surface area contributed by atoms with Gasteiger partial charge in [-0.3, -0.25) is 0 Å². The fourth-order valence-corrected chi connectivity index (χ4v) is 3.00. The van der Waals surface area contributed by atoms with E-state index in [4.69, 9.17) is 4.74 Å². The van der Waals surface area contributed by atoms with Crippen molar-refractivity contribution >= 4 is 0 Å². The second-order valence-electron chi connectivity index (χ2n) is 5.49. The Bertz CT molecular complexity index is 196. The van der Waals surface area contributed by atoms with E-state index < -0.39 is 0 Å². The van der Waals surface area contributed by atoms with Crippen LogP contribution in [0.15, 0.2) is 0 Å². The van der Waals surface area contributed by atoms with E-state index in [9.17, 15) is 0 Å². The zero-order valence-corrected chi connectivity index (χ0v) is 11.3. The van der Waals surface area contributed by atoms with Gasteiger partial charge in [-0.05, 0) is 64.7 Å². The highest BCUT2D eigenvalue weighted by Crippen LogP contribution is 2.15. The number of hydrogen-bond acceptors (Lipinski definition) is 3.